The Morgan fingerprint density at radius 1 is 1.32 bits per heavy atom. The zero-order chi connectivity index (χ0) is 18.0. The van der Waals surface area contributed by atoms with Crippen LogP contribution in [0.15, 0.2) is 33.7 Å². The smallest absolute Gasteiger partial charge is 0.246 e. The largest absolute Gasteiger partial charge is 0.360 e. The van der Waals surface area contributed by atoms with Gasteiger partial charge in [0.1, 0.15) is 10.6 Å². The molecule has 0 bridgehead atoms. The van der Waals surface area contributed by atoms with E-state index in [0.29, 0.717) is 0 Å². The van der Waals surface area contributed by atoms with E-state index in [1.54, 1.807) is 6.92 Å². The minimum atomic E-state index is -3.84. The molecule has 0 radical (unpaired) electrons. The standard InChI is InChI=1S/C17H21N3O4S/c1-11-17(12(2)24-20-11)25(22,23)18-10-16(21)19-15-9-5-7-13-6-3-4-8-14(13)15/h3-4,6,8,15,18H,5,7,9-10H2,1-2H3,(H,19,21)/t15-/m1/s1. The van der Waals surface area contributed by atoms with E-state index in [1.807, 2.05) is 18.2 Å². The lowest BCUT2D eigenvalue weighted by atomic mass is 9.88. The van der Waals surface area contributed by atoms with Crippen LogP contribution in [0, 0.1) is 13.8 Å². The van der Waals surface area contributed by atoms with Crippen LogP contribution in [0.4, 0.5) is 0 Å². The molecular formula is C17H21N3O4S. The maximum absolute atomic E-state index is 12.3. The summed E-state index contributed by atoms with van der Waals surface area (Å²) >= 11 is 0. The Morgan fingerprint density at radius 3 is 2.80 bits per heavy atom. The minimum absolute atomic E-state index is 0.0108. The second-order valence-electron chi connectivity index (χ2n) is 6.19. The van der Waals surface area contributed by atoms with Crippen LogP contribution in [0.2, 0.25) is 0 Å². The molecule has 0 unspecified atom stereocenters. The first-order valence-corrected chi connectivity index (χ1v) is 9.66. The first-order valence-electron chi connectivity index (χ1n) is 8.18. The molecular weight excluding hydrogens is 342 g/mol. The predicted octanol–water partition coefficient (Wildman–Crippen LogP) is 1.76. The van der Waals surface area contributed by atoms with Crippen molar-refractivity contribution in [2.24, 2.45) is 0 Å². The van der Waals surface area contributed by atoms with Crippen LogP contribution in [-0.4, -0.2) is 26.0 Å². The lowest BCUT2D eigenvalue weighted by Gasteiger charge is -2.26. The number of rotatable bonds is 5. The van der Waals surface area contributed by atoms with Gasteiger partial charge in [0.15, 0.2) is 5.76 Å². The highest BCUT2D eigenvalue weighted by Gasteiger charge is 2.26. The van der Waals surface area contributed by atoms with E-state index >= 15 is 0 Å². The molecule has 1 amide bonds. The SMILES string of the molecule is Cc1noc(C)c1S(=O)(=O)NCC(=O)N[C@@H]1CCCc2ccccc21. The third-order valence-corrected chi connectivity index (χ3v) is 6.01. The van der Waals surface area contributed by atoms with Crippen LogP contribution in [0.5, 0.6) is 0 Å². The molecule has 1 aromatic carbocycles. The van der Waals surface area contributed by atoms with Gasteiger partial charge in [-0.3, -0.25) is 4.79 Å². The van der Waals surface area contributed by atoms with Gasteiger partial charge in [0.05, 0.1) is 12.6 Å². The van der Waals surface area contributed by atoms with Crippen LogP contribution in [-0.2, 0) is 21.2 Å². The average Bonchev–Trinajstić information content (AvgIpc) is 2.93. The number of benzene rings is 1. The summed E-state index contributed by atoms with van der Waals surface area (Å²) in [5, 5.41) is 6.55. The van der Waals surface area contributed by atoms with Gasteiger partial charge in [-0.05, 0) is 44.2 Å². The Balaban J connectivity index is 1.65. The zero-order valence-corrected chi connectivity index (χ0v) is 15.0. The van der Waals surface area contributed by atoms with Crippen LogP contribution in [0.25, 0.3) is 0 Å². The molecule has 2 aromatic rings. The summed E-state index contributed by atoms with van der Waals surface area (Å²) in [4.78, 5) is 12.2. The minimum Gasteiger partial charge on any atom is -0.360 e. The molecule has 134 valence electrons. The maximum atomic E-state index is 12.3. The summed E-state index contributed by atoms with van der Waals surface area (Å²) in [6, 6.07) is 7.92. The van der Waals surface area contributed by atoms with Crippen LogP contribution in [0.1, 0.15) is 41.5 Å². The van der Waals surface area contributed by atoms with E-state index in [0.717, 1.165) is 24.8 Å². The number of sulfonamides is 1. The van der Waals surface area contributed by atoms with E-state index in [4.69, 9.17) is 4.52 Å². The van der Waals surface area contributed by atoms with Gasteiger partial charge in [-0.15, -0.1) is 0 Å². The van der Waals surface area contributed by atoms with Crippen molar-refractivity contribution in [2.75, 3.05) is 6.54 Å². The number of aryl methyl sites for hydroxylation is 3. The van der Waals surface area contributed by atoms with Crippen molar-refractivity contribution in [3.63, 3.8) is 0 Å². The van der Waals surface area contributed by atoms with E-state index < -0.39 is 10.0 Å². The molecule has 7 nitrogen and oxygen atoms in total. The number of carbonyl (C=O) groups excluding carboxylic acids is 1. The first kappa shape index (κ1) is 17.6. The maximum Gasteiger partial charge on any atom is 0.246 e. The quantitative estimate of drug-likeness (QED) is 0.843. The van der Waals surface area contributed by atoms with Crippen molar-refractivity contribution in [3.05, 3.63) is 46.8 Å². The fourth-order valence-electron chi connectivity index (χ4n) is 3.24. The summed E-state index contributed by atoms with van der Waals surface area (Å²) in [6.45, 7) is 2.74. The third-order valence-electron chi connectivity index (χ3n) is 4.36. The number of fused-ring (bicyclic) bond motifs is 1. The van der Waals surface area contributed by atoms with Crippen LogP contribution < -0.4 is 10.0 Å². The number of hydrogen-bond acceptors (Lipinski definition) is 5. The van der Waals surface area contributed by atoms with Gasteiger partial charge in [0, 0.05) is 0 Å². The monoisotopic (exact) mass is 363 g/mol. The lowest BCUT2D eigenvalue weighted by molar-refractivity contribution is -0.120. The molecule has 8 heteroatoms. The van der Waals surface area contributed by atoms with Crippen molar-refractivity contribution in [1.82, 2.24) is 15.2 Å². The van der Waals surface area contributed by atoms with Gasteiger partial charge >= 0.3 is 0 Å². The van der Waals surface area contributed by atoms with Gasteiger partial charge in [-0.1, -0.05) is 29.4 Å². The van der Waals surface area contributed by atoms with Crippen LogP contribution in [0.3, 0.4) is 0 Å². The Hall–Kier alpha value is -2.19. The number of aromatic nitrogens is 1. The molecule has 1 aliphatic rings. The number of nitrogens with one attached hydrogen (secondary N) is 2. The van der Waals surface area contributed by atoms with E-state index in [1.165, 1.54) is 12.5 Å². The molecule has 0 saturated heterocycles. The Bertz CT molecular complexity index is 870. The molecule has 1 heterocycles. The number of nitrogens with zero attached hydrogens (tertiary/aromatic N) is 1. The normalized spacial score (nSPS) is 17.1. The van der Waals surface area contributed by atoms with Crippen molar-refractivity contribution < 1.29 is 17.7 Å². The average molecular weight is 363 g/mol. The van der Waals surface area contributed by atoms with E-state index in [9.17, 15) is 13.2 Å². The molecule has 2 N–H and O–H groups in total. The summed E-state index contributed by atoms with van der Waals surface area (Å²) < 4.78 is 31.9. The molecule has 3 rings (SSSR count). The lowest BCUT2D eigenvalue weighted by Crippen LogP contribution is -2.39. The number of hydrogen-bond donors (Lipinski definition) is 2. The fourth-order valence-corrected chi connectivity index (χ4v) is 4.55. The molecule has 0 saturated carbocycles. The second-order valence-corrected chi connectivity index (χ2v) is 7.89. The zero-order valence-electron chi connectivity index (χ0n) is 14.2. The molecule has 0 spiro atoms. The predicted molar refractivity (Wildman–Crippen MR) is 91.4 cm³/mol. The Morgan fingerprint density at radius 2 is 2.08 bits per heavy atom. The van der Waals surface area contributed by atoms with Gasteiger partial charge in [0.25, 0.3) is 0 Å². The Labute approximate surface area is 146 Å². The van der Waals surface area contributed by atoms with E-state index in [2.05, 4.69) is 21.3 Å². The van der Waals surface area contributed by atoms with Crippen molar-refractivity contribution in [2.45, 2.75) is 44.0 Å². The fraction of sp³-hybridized carbons (Fsp3) is 0.412. The van der Waals surface area contributed by atoms with Crippen molar-refractivity contribution >= 4 is 15.9 Å². The highest BCUT2D eigenvalue weighted by molar-refractivity contribution is 7.89. The van der Waals surface area contributed by atoms with Gasteiger partial charge in [-0.25, -0.2) is 13.1 Å². The first-order chi connectivity index (χ1) is 11.9. The van der Waals surface area contributed by atoms with Gasteiger partial charge in [0.2, 0.25) is 15.9 Å². The summed E-state index contributed by atoms with van der Waals surface area (Å²) in [5.74, 6) is -0.163. The molecule has 25 heavy (non-hydrogen) atoms. The highest BCUT2D eigenvalue weighted by Crippen LogP contribution is 2.29. The molecule has 1 aromatic heterocycles. The number of carbonyl (C=O) groups is 1. The van der Waals surface area contributed by atoms with Gasteiger partial charge in [-0.2, -0.15) is 0 Å². The van der Waals surface area contributed by atoms with Crippen molar-refractivity contribution in [1.29, 1.82) is 0 Å². The van der Waals surface area contributed by atoms with Crippen LogP contribution >= 0.6 is 0 Å². The third kappa shape index (κ3) is 3.74. The Kier molecular flexibility index (Phi) is 4.91. The molecule has 1 atom stereocenters. The van der Waals surface area contributed by atoms with Gasteiger partial charge < -0.3 is 9.84 Å². The summed E-state index contributed by atoms with van der Waals surface area (Å²) in [7, 11) is -3.84. The summed E-state index contributed by atoms with van der Waals surface area (Å²) in [6.07, 6.45) is 2.84. The van der Waals surface area contributed by atoms with E-state index in [-0.39, 0.29) is 34.8 Å². The number of amides is 1. The summed E-state index contributed by atoms with van der Waals surface area (Å²) in [5.41, 5.74) is 2.61. The molecule has 0 aliphatic heterocycles. The molecule has 0 fully saturated rings. The highest BCUT2D eigenvalue weighted by atomic mass is 32.2. The topological polar surface area (TPSA) is 101 Å². The van der Waals surface area contributed by atoms with Crippen molar-refractivity contribution in [3.8, 4) is 0 Å². The molecule has 1 aliphatic carbocycles. The second kappa shape index (κ2) is 6.97.